The highest BCUT2D eigenvalue weighted by Gasteiger charge is 2.10. The van der Waals surface area contributed by atoms with E-state index in [0.717, 1.165) is 22.2 Å². The van der Waals surface area contributed by atoms with E-state index in [2.05, 4.69) is 23.3 Å². The molecular weight excluding hydrogens is 302 g/mol. The first-order valence-electron chi connectivity index (χ1n) is 6.76. The van der Waals surface area contributed by atoms with Crippen molar-refractivity contribution < 1.29 is 4.79 Å². The van der Waals surface area contributed by atoms with E-state index < -0.39 is 0 Å². The number of thiazole rings is 1. The van der Waals surface area contributed by atoms with Crippen LogP contribution in [0.4, 0.5) is 10.5 Å². The maximum absolute atomic E-state index is 12.2. The highest BCUT2D eigenvalue weighted by molar-refractivity contribution is 7.98. The first-order chi connectivity index (χ1) is 10.2. The van der Waals surface area contributed by atoms with Crippen molar-refractivity contribution in [3.63, 3.8) is 0 Å². The van der Waals surface area contributed by atoms with E-state index in [1.807, 2.05) is 35.3 Å². The van der Waals surface area contributed by atoms with Gasteiger partial charge in [-0.1, -0.05) is 19.1 Å². The third-order valence-electron chi connectivity index (χ3n) is 2.85. The predicted octanol–water partition coefficient (Wildman–Crippen LogP) is 4.06. The molecule has 0 unspecified atom stereocenters. The maximum atomic E-state index is 12.2. The number of amides is 2. The fourth-order valence-electron chi connectivity index (χ4n) is 1.78. The number of carbonyl (C=O) groups excluding carboxylic acids is 1. The van der Waals surface area contributed by atoms with Gasteiger partial charge in [-0.3, -0.25) is 0 Å². The van der Waals surface area contributed by atoms with E-state index in [-0.39, 0.29) is 6.03 Å². The first-order valence-corrected chi connectivity index (χ1v) is 8.79. The lowest BCUT2D eigenvalue weighted by Crippen LogP contribution is -2.30. The van der Waals surface area contributed by atoms with Crippen molar-refractivity contribution in [3.8, 4) is 0 Å². The van der Waals surface area contributed by atoms with Gasteiger partial charge in [0.05, 0.1) is 6.54 Å². The Morgan fingerprint density at radius 3 is 3.05 bits per heavy atom. The second-order valence-corrected chi connectivity index (χ2v) is 6.80. The van der Waals surface area contributed by atoms with Gasteiger partial charge in [-0.25, -0.2) is 9.78 Å². The molecule has 0 saturated carbocycles. The Hall–Kier alpha value is -1.53. The minimum absolute atomic E-state index is 0.120. The number of aromatic nitrogens is 1. The highest BCUT2D eigenvalue weighted by atomic mass is 32.2. The van der Waals surface area contributed by atoms with Gasteiger partial charge < -0.3 is 10.2 Å². The molecule has 6 heteroatoms. The van der Waals surface area contributed by atoms with Crippen molar-refractivity contribution >= 4 is 34.8 Å². The normalized spacial score (nSPS) is 10.4. The number of urea groups is 1. The van der Waals surface area contributed by atoms with Crippen LogP contribution >= 0.6 is 23.1 Å². The van der Waals surface area contributed by atoms with Crippen LogP contribution in [0.2, 0.25) is 0 Å². The smallest absolute Gasteiger partial charge is 0.321 e. The fraction of sp³-hybridized carbons (Fsp3) is 0.333. The van der Waals surface area contributed by atoms with Crippen molar-refractivity contribution in [3.05, 3.63) is 46.4 Å². The van der Waals surface area contributed by atoms with Crippen LogP contribution in [0.5, 0.6) is 0 Å². The van der Waals surface area contributed by atoms with Crippen LogP contribution in [-0.4, -0.2) is 28.7 Å². The monoisotopic (exact) mass is 321 g/mol. The van der Waals surface area contributed by atoms with E-state index >= 15 is 0 Å². The molecule has 0 bridgehead atoms. The van der Waals surface area contributed by atoms with Crippen molar-refractivity contribution in [1.29, 1.82) is 0 Å². The van der Waals surface area contributed by atoms with E-state index in [1.54, 1.807) is 29.5 Å². The molecule has 21 heavy (non-hydrogen) atoms. The van der Waals surface area contributed by atoms with Crippen molar-refractivity contribution in [2.45, 2.75) is 19.2 Å². The molecule has 0 radical (unpaired) electrons. The molecule has 0 aliphatic rings. The van der Waals surface area contributed by atoms with Gasteiger partial charge in [0.25, 0.3) is 0 Å². The Kier molecular flexibility index (Phi) is 6.07. The summed E-state index contributed by atoms with van der Waals surface area (Å²) in [7, 11) is 1.77. The Morgan fingerprint density at radius 1 is 1.48 bits per heavy atom. The lowest BCUT2D eigenvalue weighted by atomic mass is 10.2. The lowest BCUT2D eigenvalue weighted by Gasteiger charge is -2.17. The molecule has 0 spiro atoms. The number of thioether (sulfide) groups is 1. The average Bonchev–Trinajstić information content (AvgIpc) is 2.98. The first kappa shape index (κ1) is 15.9. The number of carbonyl (C=O) groups is 1. The van der Waals surface area contributed by atoms with Crippen LogP contribution in [0, 0.1) is 0 Å². The molecule has 0 fully saturated rings. The zero-order valence-corrected chi connectivity index (χ0v) is 13.8. The highest BCUT2D eigenvalue weighted by Crippen LogP contribution is 2.17. The molecule has 1 N–H and O–H groups in total. The second-order valence-electron chi connectivity index (χ2n) is 4.55. The summed E-state index contributed by atoms with van der Waals surface area (Å²) >= 11 is 3.42. The number of nitrogens with zero attached hydrogens (tertiary/aromatic N) is 2. The van der Waals surface area contributed by atoms with Gasteiger partial charge in [-0.15, -0.1) is 11.3 Å². The number of nitrogens with one attached hydrogen (secondary N) is 1. The summed E-state index contributed by atoms with van der Waals surface area (Å²) in [6.45, 7) is 2.67. The molecule has 0 aliphatic carbocycles. The summed E-state index contributed by atoms with van der Waals surface area (Å²) in [6, 6.07) is 7.87. The van der Waals surface area contributed by atoms with Gasteiger partial charge in [-0.05, 0) is 23.4 Å². The third kappa shape index (κ3) is 5.06. The molecule has 0 atom stereocenters. The topological polar surface area (TPSA) is 45.2 Å². The Bertz CT molecular complexity index is 572. The molecular formula is C15H19N3OS2. The molecule has 0 saturated heterocycles. The number of hydrogen-bond donors (Lipinski definition) is 1. The van der Waals surface area contributed by atoms with Crippen LogP contribution in [0.3, 0.4) is 0 Å². The third-order valence-corrected chi connectivity index (χ3v) is 4.56. The summed E-state index contributed by atoms with van der Waals surface area (Å²) in [4.78, 5) is 18.0. The van der Waals surface area contributed by atoms with E-state index in [9.17, 15) is 4.79 Å². The van der Waals surface area contributed by atoms with Crippen molar-refractivity contribution in [1.82, 2.24) is 9.88 Å². The molecule has 4 nitrogen and oxygen atoms in total. The Balaban J connectivity index is 1.92. The summed E-state index contributed by atoms with van der Waals surface area (Å²) in [5.41, 5.74) is 2.06. The molecule has 0 aliphatic heterocycles. The number of rotatable bonds is 6. The lowest BCUT2D eigenvalue weighted by molar-refractivity contribution is 0.220. The summed E-state index contributed by atoms with van der Waals surface area (Å²) in [6.07, 6.45) is 1.75. The molecule has 1 aromatic carbocycles. The molecule has 2 rings (SSSR count). The van der Waals surface area contributed by atoms with Gasteiger partial charge in [0.15, 0.2) is 0 Å². The molecule has 112 valence electrons. The SMILES string of the molecule is CCSCc1cccc(NC(=O)N(C)Cc2nccs2)c1. The van der Waals surface area contributed by atoms with Crippen molar-refractivity contribution in [2.75, 3.05) is 18.1 Å². The van der Waals surface area contributed by atoms with Crippen LogP contribution in [0.15, 0.2) is 35.8 Å². The van der Waals surface area contributed by atoms with Crippen LogP contribution in [0.25, 0.3) is 0 Å². The number of hydrogen-bond acceptors (Lipinski definition) is 4. The Morgan fingerprint density at radius 2 is 2.33 bits per heavy atom. The standard InChI is InChI=1S/C15H19N3OS2/c1-3-20-11-12-5-4-6-13(9-12)17-15(19)18(2)10-14-16-7-8-21-14/h4-9H,3,10-11H2,1-2H3,(H,17,19). The summed E-state index contributed by atoms with van der Waals surface area (Å²) in [5.74, 6) is 2.06. The van der Waals surface area contributed by atoms with Crippen LogP contribution in [-0.2, 0) is 12.3 Å². The molecule has 2 amide bonds. The van der Waals surface area contributed by atoms with Gasteiger partial charge >= 0.3 is 6.03 Å². The minimum atomic E-state index is -0.120. The van der Waals surface area contributed by atoms with Crippen molar-refractivity contribution in [2.24, 2.45) is 0 Å². The Labute approximate surface area is 133 Å². The molecule has 1 aromatic heterocycles. The van der Waals surface area contributed by atoms with Gasteiger partial charge in [0.2, 0.25) is 0 Å². The number of benzene rings is 1. The van der Waals surface area contributed by atoms with Gasteiger partial charge in [-0.2, -0.15) is 11.8 Å². The zero-order chi connectivity index (χ0) is 15.1. The second kappa shape index (κ2) is 8.05. The van der Waals surface area contributed by atoms with Gasteiger partial charge in [0.1, 0.15) is 5.01 Å². The largest absolute Gasteiger partial charge is 0.321 e. The van der Waals surface area contributed by atoms with Crippen LogP contribution < -0.4 is 5.32 Å². The maximum Gasteiger partial charge on any atom is 0.321 e. The average molecular weight is 321 g/mol. The van der Waals surface area contributed by atoms with E-state index in [1.165, 1.54) is 5.56 Å². The van der Waals surface area contributed by atoms with Crippen LogP contribution in [0.1, 0.15) is 17.5 Å². The molecule has 1 heterocycles. The number of anilines is 1. The van der Waals surface area contributed by atoms with E-state index in [0.29, 0.717) is 6.54 Å². The van der Waals surface area contributed by atoms with E-state index in [4.69, 9.17) is 0 Å². The minimum Gasteiger partial charge on any atom is -0.321 e. The quantitative estimate of drug-likeness (QED) is 0.872. The predicted molar refractivity (Wildman–Crippen MR) is 90.9 cm³/mol. The molecule has 2 aromatic rings. The fourth-order valence-corrected chi connectivity index (χ4v) is 3.07. The summed E-state index contributed by atoms with van der Waals surface area (Å²) in [5, 5.41) is 5.77. The zero-order valence-electron chi connectivity index (χ0n) is 12.2. The summed E-state index contributed by atoms with van der Waals surface area (Å²) < 4.78 is 0. The van der Waals surface area contributed by atoms with Gasteiger partial charge in [0, 0.05) is 30.1 Å².